The number of carbonyl (C=O) groups is 1. The summed E-state index contributed by atoms with van der Waals surface area (Å²) in [6.45, 7) is 0. The molecule has 0 aliphatic heterocycles. The molecule has 5 nitrogen and oxygen atoms in total. The monoisotopic (exact) mass is 340 g/mol. The molecule has 2 aromatic carbocycles. The van der Waals surface area contributed by atoms with Gasteiger partial charge < -0.3 is 5.32 Å². The highest BCUT2D eigenvalue weighted by Gasteiger charge is 2.13. The first kappa shape index (κ1) is 15.8. The maximum Gasteiger partial charge on any atom is 0.259 e. The van der Waals surface area contributed by atoms with E-state index in [-0.39, 0.29) is 5.91 Å². The number of rotatable bonds is 4. The Balaban J connectivity index is 1.56. The third-order valence-corrected chi connectivity index (χ3v) is 4.01. The van der Waals surface area contributed by atoms with Crippen molar-refractivity contribution in [2.24, 2.45) is 0 Å². The molecule has 1 amide bonds. The number of aromatic nitrogens is 3. The second-order valence-electron chi connectivity index (χ2n) is 5.72. The van der Waals surface area contributed by atoms with Gasteiger partial charge in [0.15, 0.2) is 0 Å². The zero-order chi connectivity index (χ0) is 17.8. The van der Waals surface area contributed by atoms with E-state index in [1.165, 1.54) is 0 Å². The Morgan fingerprint density at radius 3 is 2.38 bits per heavy atom. The molecule has 2 aromatic heterocycles. The second-order valence-corrected chi connectivity index (χ2v) is 5.72. The molecule has 0 aliphatic carbocycles. The van der Waals surface area contributed by atoms with Crippen LogP contribution in [-0.4, -0.2) is 20.7 Å². The van der Waals surface area contributed by atoms with Crippen LogP contribution in [0.25, 0.3) is 16.8 Å². The largest absolute Gasteiger partial charge is 0.306 e. The minimum atomic E-state index is -0.226. The molecule has 4 aromatic rings. The fourth-order valence-corrected chi connectivity index (χ4v) is 2.73. The van der Waals surface area contributed by atoms with E-state index < -0.39 is 0 Å². The van der Waals surface area contributed by atoms with E-state index >= 15 is 0 Å². The van der Waals surface area contributed by atoms with E-state index in [9.17, 15) is 4.79 Å². The lowest BCUT2D eigenvalue weighted by molar-refractivity contribution is 0.102. The number of carbonyl (C=O) groups excluding carboxylic acids is 1. The maximum atomic E-state index is 12.7. The summed E-state index contributed by atoms with van der Waals surface area (Å²) in [5.74, 6) is 0.279. The molecule has 2 heterocycles. The fraction of sp³-hybridized carbons (Fsp3) is 0. The summed E-state index contributed by atoms with van der Waals surface area (Å²) in [5.41, 5.74) is 3.34. The van der Waals surface area contributed by atoms with Gasteiger partial charge in [0, 0.05) is 24.2 Å². The summed E-state index contributed by atoms with van der Waals surface area (Å²) in [7, 11) is 0. The Morgan fingerprint density at radius 1 is 0.846 bits per heavy atom. The zero-order valence-electron chi connectivity index (χ0n) is 13.9. The van der Waals surface area contributed by atoms with Crippen molar-refractivity contribution in [1.82, 2.24) is 14.8 Å². The van der Waals surface area contributed by atoms with Gasteiger partial charge in [-0.3, -0.25) is 4.79 Å². The average molecular weight is 340 g/mol. The van der Waals surface area contributed by atoms with E-state index in [4.69, 9.17) is 0 Å². The van der Waals surface area contributed by atoms with Crippen molar-refractivity contribution in [3.05, 3.63) is 97.0 Å². The van der Waals surface area contributed by atoms with Gasteiger partial charge >= 0.3 is 0 Å². The highest BCUT2D eigenvalue weighted by atomic mass is 16.1. The Kier molecular flexibility index (Phi) is 4.26. The molecule has 26 heavy (non-hydrogen) atoms. The molecule has 4 rings (SSSR count). The molecule has 0 saturated heterocycles. The topological polar surface area (TPSA) is 59.8 Å². The Hall–Kier alpha value is -3.73. The molecule has 0 radical (unpaired) electrons. The van der Waals surface area contributed by atoms with Gasteiger partial charge in [-0.25, -0.2) is 9.67 Å². The normalized spacial score (nSPS) is 10.5. The fourth-order valence-electron chi connectivity index (χ4n) is 2.73. The van der Waals surface area contributed by atoms with Gasteiger partial charge in [0.25, 0.3) is 5.91 Å². The predicted molar refractivity (Wildman–Crippen MR) is 101 cm³/mol. The SMILES string of the molecule is O=C(Nc1ccc(-c2ccccc2)cn1)c1ccccc1-n1cccn1. The molecule has 0 aliphatic rings. The Morgan fingerprint density at radius 2 is 1.65 bits per heavy atom. The molecule has 0 saturated carbocycles. The van der Waals surface area contributed by atoms with E-state index in [0.717, 1.165) is 16.8 Å². The van der Waals surface area contributed by atoms with Gasteiger partial charge in [0.05, 0.1) is 11.3 Å². The van der Waals surface area contributed by atoms with Crippen LogP contribution in [-0.2, 0) is 0 Å². The first-order valence-corrected chi connectivity index (χ1v) is 8.23. The second kappa shape index (κ2) is 7.03. The van der Waals surface area contributed by atoms with Crippen molar-refractivity contribution in [2.75, 3.05) is 5.32 Å². The predicted octanol–water partition coefficient (Wildman–Crippen LogP) is 4.19. The van der Waals surface area contributed by atoms with Crippen molar-refractivity contribution in [1.29, 1.82) is 0 Å². The number of pyridine rings is 1. The summed E-state index contributed by atoms with van der Waals surface area (Å²) < 4.78 is 1.67. The highest BCUT2D eigenvalue weighted by Crippen LogP contribution is 2.20. The summed E-state index contributed by atoms with van der Waals surface area (Å²) >= 11 is 0. The van der Waals surface area contributed by atoms with Crippen molar-refractivity contribution in [3.63, 3.8) is 0 Å². The molecule has 126 valence electrons. The number of hydrogen-bond acceptors (Lipinski definition) is 3. The van der Waals surface area contributed by atoms with Crippen LogP contribution in [0, 0.1) is 0 Å². The molecule has 5 heteroatoms. The number of nitrogens with one attached hydrogen (secondary N) is 1. The lowest BCUT2D eigenvalue weighted by Crippen LogP contribution is -2.16. The van der Waals surface area contributed by atoms with E-state index in [2.05, 4.69) is 15.4 Å². The van der Waals surface area contributed by atoms with Gasteiger partial charge in [-0.15, -0.1) is 0 Å². The maximum absolute atomic E-state index is 12.7. The Bertz CT molecular complexity index is 1010. The minimum absolute atomic E-state index is 0.226. The van der Waals surface area contributed by atoms with Gasteiger partial charge in [0.1, 0.15) is 5.82 Å². The third kappa shape index (κ3) is 3.23. The molecule has 1 N–H and O–H groups in total. The lowest BCUT2D eigenvalue weighted by atomic mass is 10.1. The number of anilines is 1. The standard InChI is InChI=1S/C21H16N4O/c26-21(18-9-4-5-10-19(18)25-14-6-13-23-25)24-20-12-11-17(15-22-20)16-7-2-1-3-8-16/h1-15H,(H,22,24,26). The molecular weight excluding hydrogens is 324 g/mol. The summed E-state index contributed by atoms with van der Waals surface area (Å²) in [4.78, 5) is 17.1. The molecule has 0 spiro atoms. The van der Waals surface area contributed by atoms with Crippen LogP contribution in [0.5, 0.6) is 0 Å². The zero-order valence-corrected chi connectivity index (χ0v) is 13.9. The van der Waals surface area contributed by atoms with Crippen LogP contribution in [0.4, 0.5) is 5.82 Å². The van der Waals surface area contributed by atoms with E-state index in [0.29, 0.717) is 11.4 Å². The first-order valence-electron chi connectivity index (χ1n) is 8.23. The van der Waals surface area contributed by atoms with E-state index in [1.54, 1.807) is 35.4 Å². The van der Waals surface area contributed by atoms with Gasteiger partial charge in [-0.2, -0.15) is 5.10 Å². The van der Waals surface area contributed by atoms with Crippen molar-refractivity contribution in [2.45, 2.75) is 0 Å². The molecule has 0 fully saturated rings. The summed E-state index contributed by atoms with van der Waals surface area (Å²) in [6.07, 6.45) is 5.24. The quantitative estimate of drug-likeness (QED) is 0.606. The number of benzene rings is 2. The van der Waals surface area contributed by atoms with Crippen LogP contribution < -0.4 is 5.32 Å². The Labute approximate surface area is 151 Å². The summed E-state index contributed by atoms with van der Waals surface area (Å²) in [5, 5.41) is 7.05. The van der Waals surface area contributed by atoms with Crippen molar-refractivity contribution >= 4 is 11.7 Å². The minimum Gasteiger partial charge on any atom is -0.306 e. The van der Waals surface area contributed by atoms with Crippen molar-refractivity contribution < 1.29 is 4.79 Å². The summed E-state index contributed by atoms with van der Waals surface area (Å²) in [6, 6.07) is 22.9. The first-order chi connectivity index (χ1) is 12.8. The van der Waals surface area contributed by atoms with Crippen LogP contribution in [0.2, 0.25) is 0 Å². The third-order valence-electron chi connectivity index (χ3n) is 4.01. The van der Waals surface area contributed by atoms with Crippen LogP contribution in [0.1, 0.15) is 10.4 Å². The van der Waals surface area contributed by atoms with Crippen LogP contribution in [0.3, 0.4) is 0 Å². The lowest BCUT2D eigenvalue weighted by Gasteiger charge is -2.10. The molecule has 0 unspecified atom stereocenters. The van der Waals surface area contributed by atoms with Gasteiger partial charge in [-0.1, -0.05) is 42.5 Å². The average Bonchev–Trinajstić information content (AvgIpc) is 3.24. The molecule has 0 atom stereocenters. The molecular formula is C21H16N4O. The van der Waals surface area contributed by atoms with Crippen LogP contribution in [0.15, 0.2) is 91.4 Å². The van der Waals surface area contributed by atoms with E-state index in [1.807, 2.05) is 60.7 Å². The number of amides is 1. The molecule has 0 bridgehead atoms. The van der Waals surface area contributed by atoms with Gasteiger partial charge in [-0.05, 0) is 35.9 Å². The highest BCUT2D eigenvalue weighted by molar-refractivity contribution is 6.06. The number of hydrogen-bond donors (Lipinski definition) is 1. The van der Waals surface area contributed by atoms with Gasteiger partial charge in [0.2, 0.25) is 0 Å². The number of nitrogens with zero attached hydrogens (tertiary/aromatic N) is 3. The smallest absolute Gasteiger partial charge is 0.259 e. The van der Waals surface area contributed by atoms with Crippen molar-refractivity contribution in [3.8, 4) is 16.8 Å². The number of para-hydroxylation sites is 1. The van der Waals surface area contributed by atoms with Crippen LogP contribution >= 0.6 is 0 Å².